The number of hydrogen-bond acceptors (Lipinski definition) is 4. The van der Waals surface area contributed by atoms with Gasteiger partial charge in [0.1, 0.15) is 5.60 Å². The van der Waals surface area contributed by atoms with E-state index in [1.54, 1.807) is 0 Å². The van der Waals surface area contributed by atoms with Crippen LogP contribution < -0.4 is 0 Å². The number of rotatable bonds is 5. The van der Waals surface area contributed by atoms with Crippen LogP contribution in [0.2, 0.25) is 0 Å². The number of piperidine rings is 1. The first kappa shape index (κ1) is 16.4. The Bertz CT molecular complexity index is 707. The predicted octanol–water partition coefficient (Wildman–Crippen LogP) is 1.99. The van der Waals surface area contributed by atoms with Crippen molar-refractivity contribution >= 4 is 10.0 Å². The Labute approximate surface area is 137 Å². The second kappa shape index (κ2) is 5.90. The van der Waals surface area contributed by atoms with Crippen molar-refractivity contribution < 1.29 is 13.5 Å². The number of nitrogens with zero attached hydrogens (tertiary/aromatic N) is 2. The molecule has 1 aliphatic carbocycles. The Morgan fingerprint density at radius 2 is 1.91 bits per heavy atom. The summed E-state index contributed by atoms with van der Waals surface area (Å²) in [5.74, 6) is 0.0262. The SMILES string of the molecule is N#CCC1(CS(=O)(=O)N2CCCC(O)(c3ccccc3)C2)CC1. The molecule has 1 aromatic rings. The van der Waals surface area contributed by atoms with Crippen LogP contribution in [0.3, 0.4) is 0 Å². The summed E-state index contributed by atoms with van der Waals surface area (Å²) >= 11 is 0. The van der Waals surface area contributed by atoms with Crippen molar-refractivity contribution in [1.29, 1.82) is 5.26 Å². The number of sulfonamides is 1. The minimum atomic E-state index is -3.46. The van der Waals surface area contributed by atoms with Crippen LogP contribution in [-0.4, -0.2) is 36.7 Å². The van der Waals surface area contributed by atoms with Crippen molar-refractivity contribution in [3.8, 4) is 6.07 Å². The van der Waals surface area contributed by atoms with E-state index in [1.165, 1.54) is 4.31 Å². The van der Waals surface area contributed by atoms with Gasteiger partial charge in [0, 0.05) is 19.5 Å². The van der Waals surface area contributed by atoms with Crippen LogP contribution in [0.25, 0.3) is 0 Å². The highest BCUT2D eigenvalue weighted by Crippen LogP contribution is 2.50. The third kappa shape index (κ3) is 3.42. The molecule has 1 saturated heterocycles. The highest BCUT2D eigenvalue weighted by molar-refractivity contribution is 7.89. The van der Waals surface area contributed by atoms with Crippen molar-refractivity contribution in [2.24, 2.45) is 5.41 Å². The number of nitriles is 1. The monoisotopic (exact) mass is 334 g/mol. The van der Waals surface area contributed by atoms with Crippen LogP contribution in [0, 0.1) is 16.7 Å². The first-order valence-electron chi connectivity index (χ1n) is 8.02. The molecule has 0 bridgehead atoms. The first-order valence-corrected chi connectivity index (χ1v) is 9.63. The van der Waals surface area contributed by atoms with E-state index in [4.69, 9.17) is 5.26 Å². The first-order chi connectivity index (χ1) is 10.9. The van der Waals surface area contributed by atoms with E-state index in [1.807, 2.05) is 30.3 Å². The molecule has 0 radical (unpaired) electrons. The fourth-order valence-electron chi connectivity index (χ4n) is 3.41. The highest BCUT2D eigenvalue weighted by Gasteiger charge is 2.49. The van der Waals surface area contributed by atoms with Crippen LogP contribution in [0.1, 0.15) is 37.7 Å². The molecule has 124 valence electrons. The summed E-state index contributed by atoms with van der Waals surface area (Å²) in [6.07, 6.45) is 3.10. The standard InChI is InChI=1S/C17H22N2O3S/c18-11-10-16(8-9-16)14-23(21,22)19-12-4-7-17(20,13-19)15-5-2-1-3-6-15/h1-3,5-6,20H,4,7-10,12-14H2. The van der Waals surface area contributed by atoms with Gasteiger partial charge in [-0.25, -0.2) is 8.42 Å². The van der Waals surface area contributed by atoms with Crippen LogP contribution in [-0.2, 0) is 15.6 Å². The zero-order chi connectivity index (χ0) is 16.6. The third-order valence-corrected chi connectivity index (χ3v) is 7.12. The third-order valence-electron chi connectivity index (χ3n) is 5.04. The second-order valence-electron chi connectivity index (χ2n) is 6.93. The van der Waals surface area contributed by atoms with Gasteiger partial charge in [-0.05, 0) is 36.7 Å². The van der Waals surface area contributed by atoms with E-state index in [9.17, 15) is 13.5 Å². The van der Waals surface area contributed by atoms with E-state index >= 15 is 0 Å². The lowest BCUT2D eigenvalue weighted by molar-refractivity contribution is -0.0125. The molecule has 0 aromatic heterocycles. The largest absolute Gasteiger partial charge is 0.384 e. The molecule has 1 aromatic carbocycles. The van der Waals surface area contributed by atoms with Crippen molar-refractivity contribution in [3.05, 3.63) is 35.9 Å². The summed E-state index contributed by atoms with van der Waals surface area (Å²) in [6, 6.07) is 11.4. The summed E-state index contributed by atoms with van der Waals surface area (Å²) in [6.45, 7) is 0.544. The molecule has 3 rings (SSSR count). The molecule has 0 amide bonds. The summed E-state index contributed by atoms with van der Waals surface area (Å²) in [4.78, 5) is 0. The Morgan fingerprint density at radius 3 is 2.52 bits per heavy atom. The van der Waals surface area contributed by atoms with Crippen molar-refractivity contribution in [2.45, 2.75) is 37.7 Å². The van der Waals surface area contributed by atoms with Crippen LogP contribution in [0.5, 0.6) is 0 Å². The van der Waals surface area contributed by atoms with E-state index in [2.05, 4.69) is 6.07 Å². The maximum atomic E-state index is 12.7. The van der Waals surface area contributed by atoms with Gasteiger partial charge in [-0.2, -0.15) is 9.57 Å². The second-order valence-corrected chi connectivity index (χ2v) is 8.89. The molecule has 2 aliphatic rings. The van der Waals surface area contributed by atoms with Crippen LogP contribution in [0.15, 0.2) is 30.3 Å². The van der Waals surface area contributed by atoms with E-state index in [0.29, 0.717) is 25.8 Å². The quantitative estimate of drug-likeness (QED) is 0.893. The van der Waals surface area contributed by atoms with E-state index in [0.717, 1.165) is 18.4 Å². The van der Waals surface area contributed by atoms with Crippen molar-refractivity contribution in [3.63, 3.8) is 0 Å². The van der Waals surface area contributed by atoms with Gasteiger partial charge >= 0.3 is 0 Å². The Hall–Kier alpha value is -1.42. The molecule has 23 heavy (non-hydrogen) atoms. The molecule has 2 fully saturated rings. The summed E-state index contributed by atoms with van der Waals surface area (Å²) in [5.41, 5.74) is -0.716. The molecule has 0 spiro atoms. The number of hydrogen-bond donors (Lipinski definition) is 1. The molecule has 1 atom stereocenters. The number of β-amino-alcohol motifs (C(OH)–C–C–N with tert-alkyl or cyclic N) is 1. The molecular formula is C17H22N2O3S. The lowest BCUT2D eigenvalue weighted by Crippen LogP contribution is -2.49. The molecule has 1 aliphatic heterocycles. The highest BCUT2D eigenvalue weighted by atomic mass is 32.2. The Kier molecular flexibility index (Phi) is 4.21. The van der Waals surface area contributed by atoms with Crippen LogP contribution >= 0.6 is 0 Å². The molecule has 6 heteroatoms. The van der Waals surface area contributed by atoms with Gasteiger partial charge in [-0.1, -0.05) is 30.3 Å². The van der Waals surface area contributed by atoms with Crippen LogP contribution in [0.4, 0.5) is 0 Å². The van der Waals surface area contributed by atoms with Gasteiger partial charge < -0.3 is 5.11 Å². The molecule has 1 saturated carbocycles. The Morgan fingerprint density at radius 1 is 1.22 bits per heavy atom. The average Bonchev–Trinajstić information content (AvgIpc) is 3.27. The molecule has 1 unspecified atom stereocenters. The van der Waals surface area contributed by atoms with E-state index < -0.39 is 15.6 Å². The average molecular weight is 334 g/mol. The minimum absolute atomic E-state index is 0.0262. The smallest absolute Gasteiger partial charge is 0.214 e. The van der Waals surface area contributed by atoms with Crippen molar-refractivity contribution in [2.75, 3.05) is 18.8 Å². The fourth-order valence-corrected chi connectivity index (χ4v) is 5.58. The van der Waals surface area contributed by atoms with E-state index in [-0.39, 0.29) is 17.7 Å². The summed E-state index contributed by atoms with van der Waals surface area (Å²) < 4.78 is 26.9. The summed E-state index contributed by atoms with van der Waals surface area (Å²) in [7, 11) is -3.46. The zero-order valence-electron chi connectivity index (χ0n) is 13.1. The number of benzene rings is 1. The van der Waals surface area contributed by atoms with Gasteiger partial charge in [-0.15, -0.1) is 0 Å². The lowest BCUT2D eigenvalue weighted by atomic mass is 9.87. The lowest BCUT2D eigenvalue weighted by Gasteiger charge is -2.39. The predicted molar refractivity (Wildman–Crippen MR) is 86.8 cm³/mol. The van der Waals surface area contributed by atoms with Crippen molar-refractivity contribution in [1.82, 2.24) is 4.31 Å². The van der Waals surface area contributed by atoms with Gasteiger partial charge in [-0.3, -0.25) is 0 Å². The van der Waals surface area contributed by atoms with Gasteiger partial charge in [0.2, 0.25) is 10.0 Å². The fraction of sp³-hybridized carbons (Fsp3) is 0.588. The zero-order valence-corrected chi connectivity index (χ0v) is 13.9. The maximum absolute atomic E-state index is 12.7. The molecule has 1 heterocycles. The van der Waals surface area contributed by atoms with Gasteiger partial charge in [0.15, 0.2) is 0 Å². The Balaban J connectivity index is 1.77. The topological polar surface area (TPSA) is 81.4 Å². The van der Waals surface area contributed by atoms with Gasteiger partial charge in [0.25, 0.3) is 0 Å². The number of aliphatic hydroxyl groups is 1. The minimum Gasteiger partial charge on any atom is -0.384 e. The maximum Gasteiger partial charge on any atom is 0.214 e. The molecular weight excluding hydrogens is 312 g/mol. The molecule has 1 N–H and O–H groups in total. The van der Waals surface area contributed by atoms with Gasteiger partial charge in [0.05, 0.1) is 11.8 Å². The summed E-state index contributed by atoms with van der Waals surface area (Å²) in [5, 5.41) is 19.8. The normalized spacial score (nSPS) is 27.3. The molecule has 5 nitrogen and oxygen atoms in total.